The lowest BCUT2D eigenvalue weighted by Crippen LogP contribution is -2.49. The Balaban J connectivity index is 1.95. The highest BCUT2D eigenvalue weighted by Crippen LogP contribution is 2.27. The maximum atomic E-state index is 12.4. The van der Waals surface area contributed by atoms with E-state index in [0.29, 0.717) is 18.7 Å². The lowest BCUT2D eigenvalue weighted by molar-refractivity contribution is -0.148. The van der Waals surface area contributed by atoms with Crippen LogP contribution in [0.4, 0.5) is 0 Å². The molecular formula is C16H21NO4S. The summed E-state index contributed by atoms with van der Waals surface area (Å²) in [5.41, 5.74) is 0. The van der Waals surface area contributed by atoms with Gasteiger partial charge < -0.3 is 14.7 Å². The van der Waals surface area contributed by atoms with Crippen LogP contribution in [-0.4, -0.2) is 47.3 Å². The van der Waals surface area contributed by atoms with E-state index < -0.39 is 11.9 Å². The molecule has 1 aliphatic rings. The van der Waals surface area contributed by atoms with Crippen LogP contribution in [0.2, 0.25) is 0 Å². The predicted molar refractivity (Wildman–Crippen MR) is 85.3 cm³/mol. The van der Waals surface area contributed by atoms with E-state index in [9.17, 15) is 14.7 Å². The van der Waals surface area contributed by atoms with E-state index in [2.05, 4.69) is 0 Å². The number of rotatable bonds is 5. The molecule has 0 saturated carbocycles. The van der Waals surface area contributed by atoms with Gasteiger partial charge in [-0.05, 0) is 38.0 Å². The molecule has 0 radical (unpaired) electrons. The number of carboxylic acid groups (broad SMARTS) is 1. The van der Waals surface area contributed by atoms with Gasteiger partial charge in [0.25, 0.3) is 0 Å². The molecule has 1 aromatic carbocycles. The van der Waals surface area contributed by atoms with Gasteiger partial charge in [0.1, 0.15) is 5.75 Å². The molecule has 1 heterocycles. The number of hydrogen-bond acceptors (Lipinski definition) is 4. The summed E-state index contributed by atoms with van der Waals surface area (Å²) in [6, 6.07) is 7.31. The number of methoxy groups -OCH3 is 1. The van der Waals surface area contributed by atoms with Crippen molar-refractivity contribution in [2.45, 2.75) is 30.7 Å². The van der Waals surface area contributed by atoms with Crippen LogP contribution in [0.5, 0.6) is 5.75 Å². The van der Waals surface area contributed by atoms with E-state index >= 15 is 0 Å². The molecule has 1 saturated heterocycles. The topological polar surface area (TPSA) is 66.8 Å². The van der Waals surface area contributed by atoms with Crippen molar-refractivity contribution in [3.63, 3.8) is 0 Å². The molecule has 0 unspecified atom stereocenters. The number of nitrogens with zero attached hydrogens (tertiary/aromatic N) is 1. The Morgan fingerprint density at radius 1 is 1.45 bits per heavy atom. The molecule has 0 aliphatic carbocycles. The number of piperidine rings is 1. The molecule has 2 rings (SSSR count). The van der Waals surface area contributed by atoms with Crippen molar-refractivity contribution < 1.29 is 19.4 Å². The van der Waals surface area contributed by atoms with Crippen LogP contribution in [0.1, 0.15) is 19.8 Å². The highest BCUT2D eigenvalue weighted by molar-refractivity contribution is 8.00. The lowest BCUT2D eigenvalue weighted by Gasteiger charge is -2.37. The first-order valence-corrected chi connectivity index (χ1v) is 8.30. The Hall–Kier alpha value is -1.69. The molecule has 1 aliphatic heterocycles. The number of thioether (sulfide) groups is 1. The van der Waals surface area contributed by atoms with Gasteiger partial charge in [0.2, 0.25) is 5.91 Å². The average molecular weight is 323 g/mol. The van der Waals surface area contributed by atoms with Gasteiger partial charge in [-0.15, -0.1) is 11.8 Å². The minimum Gasteiger partial charge on any atom is -0.497 e. The van der Waals surface area contributed by atoms with Crippen molar-refractivity contribution in [2.24, 2.45) is 5.92 Å². The molecule has 0 spiro atoms. The Kier molecular flexibility index (Phi) is 5.71. The van der Waals surface area contributed by atoms with E-state index in [1.165, 1.54) is 11.8 Å². The number of carbonyl (C=O) groups excluding carboxylic acids is 1. The van der Waals surface area contributed by atoms with Crippen LogP contribution in [0.15, 0.2) is 29.2 Å². The van der Waals surface area contributed by atoms with Crippen LogP contribution < -0.4 is 4.74 Å². The van der Waals surface area contributed by atoms with Crippen LogP contribution in [0, 0.1) is 5.92 Å². The molecule has 0 bridgehead atoms. The smallest absolute Gasteiger partial charge is 0.308 e. The minimum atomic E-state index is -0.814. The summed E-state index contributed by atoms with van der Waals surface area (Å²) in [6.45, 7) is 2.47. The SMILES string of the molecule is COc1cccc(SCC(=O)N2CCC[C@H](C(=O)O)[C@@H]2C)c1. The van der Waals surface area contributed by atoms with Gasteiger partial charge in [-0.25, -0.2) is 0 Å². The number of hydrogen-bond donors (Lipinski definition) is 1. The van der Waals surface area contributed by atoms with Gasteiger partial charge in [0, 0.05) is 17.5 Å². The van der Waals surface area contributed by atoms with Crippen molar-refractivity contribution in [3.05, 3.63) is 24.3 Å². The first-order valence-electron chi connectivity index (χ1n) is 7.32. The summed E-state index contributed by atoms with van der Waals surface area (Å²) in [5, 5.41) is 9.22. The van der Waals surface area contributed by atoms with Crippen molar-refractivity contribution in [1.82, 2.24) is 4.90 Å². The number of aliphatic carboxylic acids is 1. The number of benzene rings is 1. The molecule has 22 heavy (non-hydrogen) atoms. The van der Waals surface area contributed by atoms with Crippen molar-refractivity contribution in [1.29, 1.82) is 0 Å². The summed E-state index contributed by atoms with van der Waals surface area (Å²) in [6.07, 6.45) is 1.39. The van der Waals surface area contributed by atoms with E-state index in [1.54, 1.807) is 12.0 Å². The normalized spacial score (nSPS) is 21.5. The van der Waals surface area contributed by atoms with E-state index in [1.807, 2.05) is 31.2 Å². The molecule has 1 N–H and O–H groups in total. The third kappa shape index (κ3) is 3.94. The number of ether oxygens (including phenoxy) is 1. The Morgan fingerprint density at radius 2 is 2.23 bits per heavy atom. The molecule has 1 fully saturated rings. The van der Waals surface area contributed by atoms with Gasteiger partial charge >= 0.3 is 5.97 Å². The summed E-state index contributed by atoms with van der Waals surface area (Å²) in [4.78, 5) is 26.3. The van der Waals surface area contributed by atoms with E-state index in [0.717, 1.165) is 17.1 Å². The fourth-order valence-electron chi connectivity index (χ4n) is 2.74. The van der Waals surface area contributed by atoms with E-state index in [-0.39, 0.29) is 11.9 Å². The molecular weight excluding hydrogens is 302 g/mol. The predicted octanol–water partition coefficient (Wildman–Crippen LogP) is 2.50. The first kappa shape index (κ1) is 16.7. The molecule has 1 aromatic rings. The number of carboxylic acids is 1. The lowest BCUT2D eigenvalue weighted by atomic mass is 9.90. The fourth-order valence-corrected chi connectivity index (χ4v) is 3.57. The highest BCUT2D eigenvalue weighted by Gasteiger charge is 2.35. The zero-order valence-corrected chi connectivity index (χ0v) is 13.6. The van der Waals surface area contributed by atoms with Crippen molar-refractivity contribution in [3.8, 4) is 5.75 Å². The van der Waals surface area contributed by atoms with Gasteiger partial charge in [0.05, 0.1) is 18.8 Å². The molecule has 120 valence electrons. The zero-order valence-electron chi connectivity index (χ0n) is 12.8. The first-order chi connectivity index (χ1) is 10.5. The summed E-state index contributed by atoms with van der Waals surface area (Å²) in [5.74, 6) is -0.213. The second-order valence-corrected chi connectivity index (χ2v) is 6.43. The fraction of sp³-hybridized carbons (Fsp3) is 0.500. The minimum absolute atomic E-state index is 0.00808. The van der Waals surface area contributed by atoms with Crippen LogP contribution >= 0.6 is 11.8 Å². The standard InChI is InChI=1S/C16H21NO4S/c1-11-14(16(19)20)7-4-8-17(11)15(18)10-22-13-6-3-5-12(9-13)21-2/h3,5-6,9,11,14H,4,7-8,10H2,1-2H3,(H,19,20)/t11-,14-/m0/s1. The number of likely N-dealkylation sites (tertiary alicyclic amines) is 1. The quantitative estimate of drug-likeness (QED) is 0.843. The van der Waals surface area contributed by atoms with Crippen LogP contribution in [-0.2, 0) is 9.59 Å². The Bertz CT molecular complexity index is 549. The Labute approximate surface area is 134 Å². The summed E-state index contributed by atoms with van der Waals surface area (Å²) < 4.78 is 5.16. The van der Waals surface area contributed by atoms with Crippen molar-refractivity contribution in [2.75, 3.05) is 19.4 Å². The third-order valence-electron chi connectivity index (χ3n) is 4.03. The average Bonchev–Trinajstić information content (AvgIpc) is 2.52. The Morgan fingerprint density at radius 3 is 2.91 bits per heavy atom. The van der Waals surface area contributed by atoms with Gasteiger partial charge in [-0.3, -0.25) is 9.59 Å². The number of amides is 1. The molecule has 0 aromatic heterocycles. The second-order valence-electron chi connectivity index (χ2n) is 5.38. The highest BCUT2D eigenvalue weighted by atomic mass is 32.2. The van der Waals surface area contributed by atoms with Gasteiger partial charge in [-0.2, -0.15) is 0 Å². The van der Waals surface area contributed by atoms with Crippen LogP contribution in [0.25, 0.3) is 0 Å². The largest absolute Gasteiger partial charge is 0.497 e. The summed E-state index contributed by atoms with van der Waals surface area (Å²) in [7, 11) is 1.61. The van der Waals surface area contributed by atoms with E-state index in [4.69, 9.17) is 4.74 Å². The maximum Gasteiger partial charge on any atom is 0.308 e. The third-order valence-corrected chi connectivity index (χ3v) is 5.01. The maximum absolute atomic E-state index is 12.4. The monoisotopic (exact) mass is 323 g/mol. The van der Waals surface area contributed by atoms with Crippen molar-refractivity contribution >= 4 is 23.6 Å². The molecule has 6 heteroatoms. The van der Waals surface area contributed by atoms with Crippen LogP contribution in [0.3, 0.4) is 0 Å². The second kappa shape index (κ2) is 7.54. The molecule has 1 amide bonds. The van der Waals surface area contributed by atoms with Gasteiger partial charge in [-0.1, -0.05) is 6.07 Å². The van der Waals surface area contributed by atoms with Gasteiger partial charge in [0.15, 0.2) is 0 Å². The molecule has 2 atom stereocenters. The zero-order chi connectivity index (χ0) is 16.1. The summed E-state index contributed by atoms with van der Waals surface area (Å²) >= 11 is 1.44. The molecule has 5 nitrogen and oxygen atoms in total. The number of carbonyl (C=O) groups is 2.